The maximum Gasteiger partial charge on any atom is 0.123 e. The van der Waals surface area contributed by atoms with Crippen LogP contribution >= 0.6 is 12.6 Å². The minimum absolute atomic E-state index is 0.165. The highest BCUT2D eigenvalue weighted by atomic mass is 32.1. The maximum atomic E-state index is 12.6. The zero-order valence-corrected chi connectivity index (χ0v) is 7.52. The summed E-state index contributed by atoms with van der Waals surface area (Å²) in [6, 6.07) is 3.99. The predicted octanol–water partition coefficient (Wildman–Crippen LogP) is 2.39. The normalized spacial score (nSPS) is 10.2. The second-order valence-corrected chi connectivity index (χ2v) is 3.05. The number of halogens is 1. The molecule has 1 aromatic carbocycles. The lowest BCUT2D eigenvalue weighted by molar-refractivity contribution is 0.465. The van der Waals surface area contributed by atoms with Crippen LogP contribution in [0.1, 0.15) is 12.0 Å². The van der Waals surface area contributed by atoms with E-state index in [9.17, 15) is 9.50 Å². The van der Waals surface area contributed by atoms with Gasteiger partial charge >= 0.3 is 0 Å². The molecular formula is C9H11FOS. The van der Waals surface area contributed by atoms with Crippen LogP contribution in [0.15, 0.2) is 18.2 Å². The zero-order chi connectivity index (χ0) is 8.97. The highest BCUT2D eigenvalue weighted by molar-refractivity contribution is 7.80. The number of phenolic OH excluding ortho intramolecular Hbond substituents is 1. The van der Waals surface area contributed by atoms with Gasteiger partial charge in [-0.3, -0.25) is 0 Å². The van der Waals surface area contributed by atoms with E-state index in [-0.39, 0.29) is 11.6 Å². The Morgan fingerprint density at radius 3 is 2.83 bits per heavy atom. The summed E-state index contributed by atoms with van der Waals surface area (Å²) in [5.74, 6) is 0.607. The van der Waals surface area contributed by atoms with Crippen molar-refractivity contribution in [2.45, 2.75) is 12.8 Å². The first kappa shape index (κ1) is 9.39. The lowest BCUT2D eigenvalue weighted by atomic mass is 10.1. The van der Waals surface area contributed by atoms with Gasteiger partial charge in [0, 0.05) is 0 Å². The SMILES string of the molecule is Oc1ccc(F)cc1CCCS. The van der Waals surface area contributed by atoms with E-state index in [0.717, 1.165) is 12.2 Å². The Bertz CT molecular complexity index is 263. The first-order chi connectivity index (χ1) is 5.74. The molecule has 0 aromatic heterocycles. The van der Waals surface area contributed by atoms with Crippen LogP contribution in [0.4, 0.5) is 4.39 Å². The third kappa shape index (κ3) is 2.41. The van der Waals surface area contributed by atoms with Gasteiger partial charge in [0.2, 0.25) is 0 Å². The Morgan fingerprint density at radius 2 is 2.17 bits per heavy atom. The van der Waals surface area contributed by atoms with Crippen LogP contribution in [-0.2, 0) is 6.42 Å². The molecule has 12 heavy (non-hydrogen) atoms. The van der Waals surface area contributed by atoms with Crippen LogP contribution in [0.5, 0.6) is 5.75 Å². The molecule has 1 N–H and O–H groups in total. The van der Waals surface area contributed by atoms with Crippen molar-refractivity contribution < 1.29 is 9.50 Å². The Labute approximate surface area is 76.6 Å². The van der Waals surface area contributed by atoms with Crippen molar-refractivity contribution >= 4 is 12.6 Å². The van der Waals surface area contributed by atoms with Gasteiger partial charge in [-0.1, -0.05) is 0 Å². The molecule has 0 saturated heterocycles. The van der Waals surface area contributed by atoms with Gasteiger partial charge in [0.25, 0.3) is 0 Å². The van der Waals surface area contributed by atoms with E-state index in [1.165, 1.54) is 18.2 Å². The standard InChI is InChI=1S/C9H11FOS/c10-8-3-4-9(11)7(6-8)2-1-5-12/h3-4,6,11-12H,1-2,5H2. The third-order valence-corrected chi connectivity index (χ3v) is 1.96. The first-order valence-corrected chi connectivity index (χ1v) is 4.45. The fraction of sp³-hybridized carbons (Fsp3) is 0.333. The van der Waals surface area contributed by atoms with Crippen molar-refractivity contribution in [3.05, 3.63) is 29.6 Å². The molecule has 0 aliphatic heterocycles. The van der Waals surface area contributed by atoms with Gasteiger partial charge in [0.1, 0.15) is 11.6 Å². The predicted molar refractivity (Wildman–Crippen MR) is 50.2 cm³/mol. The van der Waals surface area contributed by atoms with Gasteiger partial charge < -0.3 is 5.11 Å². The van der Waals surface area contributed by atoms with Crippen LogP contribution in [-0.4, -0.2) is 10.9 Å². The molecule has 0 spiro atoms. The van der Waals surface area contributed by atoms with Crippen LogP contribution in [0.25, 0.3) is 0 Å². The van der Waals surface area contributed by atoms with Gasteiger partial charge in [0.05, 0.1) is 0 Å². The topological polar surface area (TPSA) is 20.2 Å². The summed E-state index contributed by atoms with van der Waals surface area (Å²) in [6.45, 7) is 0. The lowest BCUT2D eigenvalue weighted by Crippen LogP contribution is -1.88. The molecule has 0 unspecified atom stereocenters. The van der Waals surface area contributed by atoms with Crippen LogP contribution in [0, 0.1) is 5.82 Å². The van der Waals surface area contributed by atoms with Crippen molar-refractivity contribution in [2.24, 2.45) is 0 Å². The second kappa shape index (κ2) is 4.36. The summed E-state index contributed by atoms with van der Waals surface area (Å²) < 4.78 is 12.6. The Morgan fingerprint density at radius 1 is 1.42 bits per heavy atom. The summed E-state index contributed by atoms with van der Waals surface area (Å²) in [6.07, 6.45) is 1.52. The molecule has 0 radical (unpaired) electrons. The largest absolute Gasteiger partial charge is 0.508 e. The van der Waals surface area contributed by atoms with E-state index >= 15 is 0 Å². The molecule has 0 aliphatic rings. The average Bonchev–Trinajstić information content (AvgIpc) is 2.07. The maximum absolute atomic E-state index is 12.6. The van der Waals surface area contributed by atoms with Crippen molar-refractivity contribution in [3.8, 4) is 5.75 Å². The molecule has 1 nitrogen and oxygen atoms in total. The molecule has 0 heterocycles. The van der Waals surface area contributed by atoms with Crippen molar-refractivity contribution in [1.82, 2.24) is 0 Å². The molecular weight excluding hydrogens is 175 g/mol. The molecule has 0 amide bonds. The minimum atomic E-state index is -0.304. The minimum Gasteiger partial charge on any atom is -0.508 e. The fourth-order valence-electron chi connectivity index (χ4n) is 1.02. The third-order valence-electron chi connectivity index (χ3n) is 1.65. The van der Waals surface area contributed by atoms with Crippen LogP contribution in [0.3, 0.4) is 0 Å². The van der Waals surface area contributed by atoms with Gasteiger partial charge in [-0.15, -0.1) is 0 Å². The van der Waals surface area contributed by atoms with E-state index in [1.807, 2.05) is 0 Å². The number of aromatic hydroxyl groups is 1. The van der Waals surface area contributed by atoms with E-state index in [0.29, 0.717) is 12.0 Å². The highest BCUT2D eigenvalue weighted by Gasteiger charge is 2.01. The summed E-state index contributed by atoms with van der Waals surface area (Å²) in [4.78, 5) is 0. The van der Waals surface area contributed by atoms with E-state index in [4.69, 9.17) is 0 Å². The van der Waals surface area contributed by atoms with E-state index in [1.54, 1.807) is 0 Å². The Balaban J connectivity index is 2.75. The summed E-state index contributed by atoms with van der Waals surface area (Å²) in [5.41, 5.74) is 0.657. The molecule has 3 heteroatoms. The molecule has 1 aromatic rings. The van der Waals surface area contributed by atoms with Crippen LogP contribution < -0.4 is 0 Å². The van der Waals surface area contributed by atoms with Crippen molar-refractivity contribution in [3.63, 3.8) is 0 Å². The fourth-order valence-corrected chi connectivity index (χ4v) is 1.18. The molecule has 1 rings (SSSR count). The van der Waals surface area contributed by atoms with Crippen molar-refractivity contribution in [2.75, 3.05) is 5.75 Å². The van der Waals surface area contributed by atoms with Gasteiger partial charge in [-0.05, 0) is 42.4 Å². The zero-order valence-electron chi connectivity index (χ0n) is 6.63. The molecule has 66 valence electrons. The van der Waals surface area contributed by atoms with Gasteiger partial charge in [-0.2, -0.15) is 12.6 Å². The molecule has 0 atom stereocenters. The number of hydrogen-bond acceptors (Lipinski definition) is 2. The number of rotatable bonds is 3. The number of thiol groups is 1. The number of hydrogen-bond donors (Lipinski definition) is 2. The molecule has 0 fully saturated rings. The van der Waals surface area contributed by atoms with Gasteiger partial charge in [0.15, 0.2) is 0 Å². The number of phenols is 1. The molecule has 0 saturated carbocycles. The summed E-state index contributed by atoms with van der Waals surface area (Å²) in [5, 5.41) is 9.27. The lowest BCUT2D eigenvalue weighted by Gasteiger charge is -2.02. The second-order valence-electron chi connectivity index (χ2n) is 2.60. The highest BCUT2D eigenvalue weighted by Crippen LogP contribution is 2.19. The Hall–Kier alpha value is -0.700. The smallest absolute Gasteiger partial charge is 0.123 e. The summed E-state index contributed by atoms with van der Waals surface area (Å²) >= 11 is 4.04. The monoisotopic (exact) mass is 186 g/mol. The number of benzene rings is 1. The van der Waals surface area contributed by atoms with Gasteiger partial charge in [-0.25, -0.2) is 4.39 Å². The molecule has 0 bridgehead atoms. The Kier molecular flexibility index (Phi) is 3.41. The van der Waals surface area contributed by atoms with E-state index in [2.05, 4.69) is 12.6 Å². The summed E-state index contributed by atoms with van der Waals surface area (Å²) in [7, 11) is 0. The van der Waals surface area contributed by atoms with E-state index < -0.39 is 0 Å². The average molecular weight is 186 g/mol. The first-order valence-electron chi connectivity index (χ1n) is 3.82. The number of aryl methyl sites for hydroxylation is 1. The molecule has 0 aliphatic carbocycles. The van der Waals surface area contributed by atoms with Crippen LogP contribution in [0.2, 0.25) is 0 Å². The van der Waals surface area contributed by atoms with Crippen molar-refractivity contribution in [1.29, 1.82) is 0 Å². The quantitative estimate of drug-likeness (QED) is 0.694.